The molecule has 1 amide bonds. The maximum Gasteiger partial charge on any atom is 0.347 e. The van der Waals surface area contributed by atoms with E-state index in [-0.39, 0.29) is 30.1 Å². The van der Waals surface area contributed by atoms with Crippen LogP contribution in [0.5, 0.6) is 0 Å². The van der Waals surface area contributed by atoms with Gasteiger partial charge in [0, 0.05) is 12.5 Å². The Morgan fingerprint density at radius 1 is 1.21 bits per heavy atom. The third-order valence-electron chi connectivity index (χ3n) is 4.08. The van der Waals surface area contributed by atoms with Crippen molar-refractivity contribution in [3.63, 3.8) is 0 Å². The minimum atomic E-state index is -1.25. The minimum absolute atomic E-state index is 0.0172. The van der Waals surface area contributed by atoms with Crippen LogP contribution in [0.25, 0.3) is 0 Å². The molecule has 28 heavy (non-hydrogen) atoms. The Morgan fingerprint density at radius 2 is 1.82 bits per heavy atom. The average Bonchev–Trinajstić information content (AvgIpc) is 2.60. The van der Waals surface area contributed by atoms with E-state index >= 15 is 0 Å². The summed E-state index contributed by atoms with van der Waals surface area (Å²) in [6.07, 6.45) is -0.143. The number of nitrogens with one attached hydrogen (secondary N) is 2. The molecule has 0 aliphatic carbocycles. The first-order valence-electron chi connectivity index (χ1n) is 8.93. The minimum Gasteiger partial charge on any atom is -0.511 e. The van der Waals surface area contributed by atoms with E-state index in [0.717, 1.165) is 0 Å². The summed E-state index contributed by atoms with van der Waals surface area (Å²) in [6.45, 7) is 8.17. The SMILES string of the molecule is CNNC(=O)/C(C(=O)OCC(C)C)=C(/O)C(C)(C)Cc1ccc(C)c(F)c1F. The van der Waals surface area contributed by atoms with Gasteiger partial charge in [-0.15, -0.1) is 0 Å². The zero-order valence-corrected chi connectivity index (χ0v) is 17.1. The number of aliphatic hydroxyl groups is 1. The van der Waals surface area contributed by atoms with E-state index in [0.29, 0.717) is 0 Å². The van der Waals surface area contributed by atoms with Gasteiger partial charge in [-0.05, 0) is 30.4 Å². The van der Waals surface area contributed by atoms with E-state index in [2.05, 4.69) is 10.9 Å². The molecule has 3 N–H and O–H groups in total. The fourth-order valence-corrected chi connectivity index (χ4v) is 2.51. The second kappa shape index (κ2) is 9.64. The van der Waals surface area contributed by atoms with E-state index in [4.69, 9.17) is 4.74 Å². The van der Waals surface area contributed by atoms with Crippen LogP contribution in [0.3, 0.4) is 0 Å². The fraction of sp³-hybridized carbons (Fsp3) is 0.500. The molecule has 1 aromatic carbocycles. The number of hydrazine groups is 1. The molecular formula is C20H28F2N2O4. The normalized spacial score (nSPS) is 12.6. The van der Waals surface area contributed by atoms with Gasteiger partial charge < -0.3 is 9.84 Å². The van der Waals surface area contributed by atoms with Gasteiger partial charge >= 0.3 is 5.97 Å². The molecule has 0 unspecified atom stereocenters. The zero-order chi connectivity index (χ0) is 21.6. The van der Waals surface area contributed by atoms with Crippen LogP contribution in [0, 0.1) is 29.9 Å². The lowest BCUT2D eigenvalue weighted by Gasteiger charge is -2.26. The summed E-state index contributed by atoms with van der Waals surface area (Å²) in [6, 6.07) is 2.84. The molecule has 6 nitrogen and oxygen atoms in total. The summed E-state index contributed by atoms with van der Waals surface area (Å²) in [4.78, 5) is 24.7. The molecule has 0 aliphatic heterocycles. The Hall–Kier alpha value is -2.48. The van der Waals surface area contributed by atoms with E-state index in [9.17, 15) is 23.5 Å². The van der Waals surface area contributed by atoms with Gasteiger partial charge in [0.15, 0.2) is 17.2 Å². The highest BCUT2D eigenvalue weighted by Crippen LogP contribution is 2.33. The highest BCUT2D eigenvalue weighted by molar-refractivity contribution is 6.16. The first-order valence-corrected chi connectivity index (χ1v) is 8.93. The monoisotopic (exact) mass is 398 g/mol. The molecule has 0 fully saturated rings. The van der Waals surface area contributed by atoms with Gasteiger partial charge in [0.25, 0.3) is 5.91 Å². The largest absolute Gasteiger partial charge is 0.511 e. The molecule has 0 spiro atoms. The number of halogens is 2. The Balaban J connectivity index is 3.32. The topological polar surface area (TPSA) is 87.7 Å². The Morgan fingerprint density at radius 3 is 2.36 bits per heavy atom. The van der Waals surface area contributed by atoms with Gasteiger partial charge in [0.2, 0.25) is 0 Å². The number of carbonyl (C=O) groups excluding carboxylic acids is 2. The molecule has 0 aliphatic rings. The van der Waals surface area contributed by atoms with Crippen molar-refractivity contribution < 1.29 is 28.2 Å². The Kier molecular flexibility index (Phi) is 8.11. The van der Waals surface area contributed by atoms with Gasteiger partial charge in [0.1, 0.15) is 5.76 Å². The second-order valence-corrected chi connectivity index (χ2v) is 7.65. The lowest BCUT2D eigenvalue weighted by Crippen LogP contribution is -2.39. The number of carbonyl (C=O) groups is 2. The number of esters is 1. The van der Waals surface area contributed by atoms with Crippen LogP contribution in [-0.2, 0) is 20.7 Å². The van der Waals surface area contributed by atoms with Gasteiger partial charge in [0.05, 0.1) is 6.61 Å². The van der Waals surface area contributed by atoms with Gasteiger partial charge in [-0.2, -0.15) is 0 Å². The van der Waals surface area contributed by atoms with Crippen molar-refractivity contribution in [2.75, 3.05) is 13.7 Å². The van der Waals surface area contributed by atoms with E-state index in [1.165, 1.54) is 40.0 Å². The maximum absolute atomic E-state index is 14.3. The number of amides is 1. The number of aliphatic hydroxyl groups excluding tert-OH is 1. The molecule has 0 saturated carbocycles. The fourth-order valence-electron chi connectivity index (χ4n) is 2.51. The van der Waals surface area contributed by atoms with Gasteiger partial charge in [-0.25, -0.2) is 19.0 Å². The molecule has 0 bridgehead atoms. The first-order chi connectivity index (χ1) is 12.9. The van der Waals surface area contributed by atoms with Crippen molar-refractivity contribution in [2.24, 2.45) is 11.3 Å². The number of allylic oxidation sites excluding steroid dienone is 1. The predicted molar refractivity (Wildman–Crippen MR) is 101 cm³/mol. The molecular weight excluding hydrogens is 370 g/mol. The summed E-state index contributed by atoms with van der Waals surface area (Å²) >= 11 is 0. The van der Waals surface area contributed by atoms with Crippen molar-refractivity contribution in [3.05, 3.63) is 46.2 Å². The highest BCUT2D eigenvalue weighted by atomic mass is 19.2. The first kappa shape index (κ1) is 23.6. The van der Waals surface area contributed by atoms with E-state index in [1.54, 1.807) is 0 Å². The smallest absolute Gasteiger partial charge is 0.347 e. The molecule has 1 aromatic rings. The molecule has 0 aromatic heterocycles. The summed E-state index contributed by atoms with van der Waals surface area (Å²) in [5.41, 5.74) is 2.94. The van der Waals surface area contributed by atoms with Crippen LogP contribution in [-0.4, -0.2) is 30.6 Å². The number of aryl methyl sites for hydroxylation is 1. The number of benzene rings is 1. The summed E-state index contributed by atoms with van der Waals surface area (Å²) in [7, 11) is 1.42. The Labute approximate surface area is 163 Å². The molecule has 0 radical (unpaired) electrons. The van der Waals surface area contributed by atoms with Crippen LogP contribution < -0.4 is 10.9 Å². The standard InChI is InChI=1S/C20H28F2N2O4/c1-11(2)10-28-19(27)14(18(26)24-23-6)17(25)20(4,5)9-13-8-7-12(3)15(21)16(13)22/h7-8,11,23,25H,9-10H2,1-6H3,(H,24,26)/b17-14-. The van der Waals surface area contributed by atoms with Crippen molar-refractivity contribution in [3.8, 4) is 0 Å². The quantitative estimate of drug-likeness (QED) is 0.156. The van der Waals surface area contributed by atoms with E-state index < -0.39 is 40.3 Å². The predicted octanol–water partition coefficient (Wildman–Crippen LogP) is 3.10. The lowest BCUT2D eigenvalue weighted by molar-refractivity contribution is -0.142. The number of rotatable bonds is 8. The third kappa shape index (κ3) is 5.76. The number of ether oxygens (including phenoxy) is 1. The van der Waals surface area contributed by atoms with Crippen molar-refractivity contribution in [1.82, 2.24) is 10.9 Å². The highest BCUT2D eigenvalue weighted by Gasteiger charge is 2.35. The maximum atomic E-state index is 14.3. The van der Waals surface area contributed by atoms with Crippen LogP contribution in [0.15, 0.2) is 23.5 Å². The molecule has 1 rings (SSSR count). The van der Waals surface area contributed by atoms with Crippen LogP contribution in [0.1, 0.15) is 38.8 Å². The summed E-state index contributed by atoms with van der Waals surface area (Å²) in [5, 5.41) is 10.7. The molecule has 0 saturated heterocycles. The molecule has 8 heteroatoms. The third-order valence-corrected chi connectivity index (χ3v) is 4.08. The second-order valence-electron chi connectivity index (χ2n) is 7.65. The summed E-state index contributed by atoms with van der Waals surface area (Å²) in [5.74, 6) is -4.43. The summed E-state index contributed by atoms with van der Waals surface area (Å²) < 4.78 is 33.2. The zero-order valence-electron chi connectivity index (χ0n) is 17.1. The van der Waals surface area contributed by atoms with Crippen LogP contribution in [0.4, 0.5) is 8.78 Å². The number of hydrogen-bond donors (Lipinski definition) is 3. The lowest BCUT2D eigenvalue weighted by atomic mass is 9.81. The number of hydrogen-bond acceptors (Lipinski definition) is 5. The molecule has 0 heterocycles. The van der Waals surface area contributed by atoms with Crippen LogP contribution >= 0.6 is 0 Å². The van der Waals surface area contributed by atoms with Crippen molar-refractivity contribution >= 4 is 11.9 Å². The van der Waals surface area contributed by atoms with Crippen molar-refractivity contribution in [1.29, 1.82) is 0 Å². The van der Waals surface area contributed by atoms with Crippen LogP contribution in [0.2, 0.25) is 0 Å². The average molecular weight is 398 g/mol. The van der Waals surface area contributed by atoms with E-state index in [1.807, 2.05) is 13.8 Å². The Bertz CT molecular complexity index is 774. The molecule has 0 atom stereocenters. The van der Waals surface area contributed by atoms with Gasteiger partial charge in [-0.1, -0.05) is 39.8 Å². The van der Waals surface area contributed by atoms with Crippen molar-refractivity contribution in [2.45, 2.75) is 41.0 Å². The van der Waals surface area contributed by atoms with Gasteiger partial charge in [-0.3, -0.25) is 10.2 Å². The molecule has 156 valence electrons.